The van der Waals surface area contributed by atoms with Gasteiger partial charge in [0.1, 0.15) is 0 Å². The third-order valence-electron chi connectivity index (χ3n) is 1.18. The number of hydrogen-bond donors (Lipinski definition) is 0. The van der Waals surface area contributed by atoms with Gasteiger partial charge in [0, 0.05) is 11.9 Å². The van der Waals surface area contributed by atoms with Gasteiger partial charge in [-0.25, -0.2) is 0 Å². The second kappa shape index (κ2) is 2.67. The molecule has 0 aliphatic heterocycles. The molecule has 44 valence electrons. The summed E-state index contributed by atoms with van der Waals surface area (Å²) in [6.45, 7) is 2.03. The molecular formula is C7H8BN. The van der Waals surface area contributed by atoms with Crippen LogP contribution in [0, 0.1) is 6.92 Å². The highest BCUT2D eigenvalue weighted by molar-refractivity contribution is 6.08. The lowest BCUT2D eigenvalue weighted by Crippen LogP contribution is -1.88. The van der Waals surface area contributed by atoms with Crippen molar-refractivity contribution in [1.29, 1.82) is 0 Å². The predicted molar refractivity (Wildman–Crippen MR) is 38.4 cm³/mol. The third-order valence-corrected chi connectivity index (χ3v) is 1.18. The lowest BCUT2D eigenvalue weighted by Gasteiger charge is -1.94. The van der Waals surface area contributed by atoms with Crippen LogP contribution in [0.15, 0.2) is 18.3 Å². The number of rotatable bonds is 1. The first kappa shape index (κ1) is 6.34. The molecule has 0 unspecified atom stereocenters. The first-order valence-electron chi connectivity index (χ1n) is 2.94. The Hall–Kier alpha value is -0.785. The third kappa shape index (κ3) is 1.56. The molecule has 0 bridgehead atoms. The van der Waals surface area contributed by atoms with Crippen molar-refractivity contribution in [2.45, 2.75) is 13.2 Å². The van der Waals surface area contributed by atoms with E-state index in [9.17, 15) is 0 Å². The fourth-order valence-electron chi connectivity index (χ4n) is 0.710. The maximum atomic E-state index is 5.36. The van der Waals surface area contributed by atoms with Crippen LogP contribution in [0.3, 0.4) is 0 Å². The van der Waals surface area contributed by atoms with E-state index >= 15 is 0 Å². The molecule has 1 aromatic heterocycles. The molecule has 0 aliphatic rings. The van der Waals surface area contributed by atoms with E-state index in [0.29, 0.717) is 6.32 Å². The smallest absolute Gasteiger partial charge is 0.0738 e. The summed E-state index contributed by atoms with van der Waals surface area (Å²) in [6, 6.07) is 3.94. The zero-order valence-corrected chi connectivity index (χ0v) is 5.46. The molecule has 0 aromatic carbocycles. The summed E-state index contributed by atoms with van der Waals surface area (Å²) in [5.74, 6) is 0. The first-order valence-corrected chi connectivity index (χ1v) is 2.94. The van der Waals surface area contributed by atoms with Gasteiger partial charge >= 0.3 is 0 Å². The quantitative estimate of drug-likeness (QED) is 0.501. The van der Waals surface area contributed by atoms with Crippen molar-refractivity contribution < 1.29 is 0 Å². The second-order valence-electron chi connectivity index (χ2n) is 2.03. The monoisotopic (exact) mass is 117 g/mol. The van der Waals surface area contributed by atoms with Crippen molar-refractivity contribution >= 4 is 7.85 Å². The Morgan fingerprint density at radius 3 is 2.89 bits per heavy atom. The molecule has 1 heterocycles. The summed E-state index contributed by atoms with van der Waals surface area (Å²) in [4.78, 5) is 4.03. The van der Waals surface area contributed by atoms with Crippen LogP contribution in [0.4, 0.5) is 0 Å². The minimum atomic E-state index is 0.529. The predicted octanol–water partition coefficient (Wildman–Crippen LogP) is 1.06. The van der Waals surface area contributed by atoms with Gasteiger partial charge in [-0.05, 0) is 30.9 Å². The summed E-state index contributed by atoms with van der Waals surface area (Å²) in [5, 5.41) is 0. The number of pyridine rings is 1. The van der Waals surface area contributed by atoms with Crippen LogP contribution in [0.25, 0.3) is 0 Å². The molecule has 1 rings (SSSR count). The maximum Gasteiger partial charge on any atom is 0.0738 e. The SMILES string of the molecule is [B]Cc1cc(C)ccn1. The highest BCUT2D eigenvalue weighted by atomic mass is 14.6. The van der Waals surface area contributed by atoms with E-state index in [0.717, 1.165) is 5.69 Å². The van der Waals surface area contributed by atoms with E-state index < -0.39 is 0 Å². The molecule has 0 saturated carbocycles. The Balaban J connectivity index is 2.94. The molecule has 1 aromatic rings. The standard InChI is InChI=1S/C7H8BN/c1-6-2-3-9-7(4-6)5-8/h2-4H,5H2,1H3. The summed E-state index contributed by atoms with van der Waals surface area (Å²) in [5.41, 5.74) is 2.17. The van der Waals surface area contributed by atoms with Crippen molar-refractivity contribution in [3.8, 4) is 0 Å². The van der Waals surface area contributed by atoms with Crippen LogP contribution < -0.4 is 0 Å². The fourth-order valence-corrected chi connectivity index (χ4v) is 0.710. The highest BCUT2D eigenvalue weighted by Gasteiger charge is 1.87. The van der Waals surface area contributed by atoms with Crippen LogP contribution >= 0.6 is 0 Å². The van der Waals surface area contributed by atoms with E-state index in [2.05, 4.69) is 4.98 Å². The van der Waals surface area contributed by atoms with Crippen LogP contribution in [-0.2, 0) is 6.32 Å². The van der Waals surface area contributed by atoms with E-state index in [4.69, 9.17) is 7.85 Å². The number of aryl methyl sites for hydroxylation is 1. The Morgan fingerprint density at radius 1 is 1.67 bits per heavy atom. The minimum Gasteiger partial charge on any atom is -0.262 e. The van der Waals surface area contributed by atoms with Gasteiger partial charge in [-0.2, -0.15) is 0 Å². The molecule has 2 radical (unpaired) electrons. The van der Waals surface area contributed by atoms with Gasteiger partial charge in [-0.15, -0.1) is 0 Å². The lowest BCUT2D eigenvalue weighted by molar-refractivity contribution is 1.15. The molecule has 2 heteroatoms. The van der Waals surface area contributed by atoms with Crippen LogP contribution in [0.1, 0.15) is 11.3 Å². The number of nitrogens with zero attached hydrogens (tertiary/aromatic N) is 1. The summed E-state index contributed by atoms with van der Waals surface area (Å²) in [6.07, 6.45) is 2.30. The summed E-state index contributed by atoms with van der Waals surface area (Å²) >= 11 is 0. The van der Waals surface area contributed by atoms with Gasteiger partial charge in [0.25, 0.3) is 0 Å². The van der Waals surface area contributed by atoms with Gasteiger partial charge < -0.3 is 0 Å². The molecule has 0 fully saturated rings. The van der Waals surface area contributed by atoms with Gasteiger partial charge in [-0.3, -0.25) is 4.98 Å². The van der Waals surface area contributed by atoms with Crippen molar-refractivity contribution in [2.75, 3.05) is 0 Å². The largest absolute Gasteiger partial charge is 0.262 e. The number of aromatic nitrogens is 1. The Kier molecular flexibility index (Phi) is 1.88. The Bertz CT molecular complexity index is 198. The average molecular weight is 117 g/mol. The van der Waals surface area contributed by atoms with E-state index in [-0.39, 0.29) is 0 Å². The van der Waals surface area contributed by atoms with Crippen molar-refractivity contribution in [3.05, 3.63) is 29.6 Å². The molecule has 0 N–H and O–H groups in total. The maximum absolute atomic E-state index is 5.36. The summed E-state index contributed by atoms with van der Waals surface area (Å²) < 4.78 is 0. The highest BCUT2D eigenvalue weighted by Crippen LogP contribution is 1.97. The molecular weight excluding hydrogens is 109 g/mol. The van der Waals surface area contributed by atoms with Crippen LogP contribution in [-0.4, -0.2) is 12.8 Å². The molecule has 0 amide bonds. The van der Waals surface area contributed by atoms with Crippen LogP contribution in [0.5, 0.6) is 0 Å². The van der Waals surface area contributed by atoms with Crippen molar-refractivity contribution in [3.63, 3.8) is 0 Å². The molecule has 1 nitrogen and oxygen atoms in total. The zero-order valence-electron chi connectivity index (χ0n) is 5.46. The van der Waals surface area contributed by atoms with Gasteiger partial charge in [0.15, 0.2) is 0 Å². The molecule has 0 spiro atoms. The molecule has 9 heavy (non-hydrogen) atoms. The average Bonchev–Trinajstić information content (AvgIpc) is 1.88. The first-order chi connectivity index (χ1) is 4.33. The van der Waals surface area contributed by atoms with Crippen molar-refractivity contribution in [2.24, 2.45) is 0 Å². The normalized spacial score (nSPS) is 9.44. The van der Waals surface area contributed by atoms with Gasteiger partial charge in [-0.1, -0.05) is 0 Å². The zero-order chi connectivity index (χ0) is 6.69. The van der Waals surface area contributed by atoms with Gasteiger partial charge in [0.05, 0.1) is 7.85 Å². The Labute approximate surface area is 56.5 Å². The molecule has 0 atom stereocenters. The van der Waals surface area contributed by atoms with E-state index in [1.165, 1.54) is 5.56 Å². The summed E-state index contributed by atoms with van der Waals surface area (Å²) in [7, 11) is 5.36. The molecule has 0 saturated heterocycles. The lowest BCUT2D eigenvalue weighted by atomic mass is 10.0. The van der Waals surface area contributed by atoms with Crippen LogP contribution in [0.2, 0.25) is 0 Å². The van der Waals surface area contributed by atoms with E-state index in [1.807, 2.05) is 19.1 Å². The second-order valence-corrected chi connectivity index (χ2v) is 2.03. The Morgan fingerprint density at radius 2 is 2.44 bits per heavy atom. The van der Waals surface area contributed by atoms with Gasteiger partial charge in [0.2, 0.25) is 0 Å². The van der Waals surface area contributed by atoms with Crippen molar-refractivity contribution in [1.82, 2.24) is 4.98 Å². The fraction of sp³-hybridized carbons (Fsp3) is 0.286. The topological polar surface area (TPSA) is 12.9 Å². The number of hydrogen-bond acceptors (Lipinski definition) is 1. The minimum absolute atomic E-state index is 0.529. The molecule has 0 aliphatic carbocycles. The van der Waals surface area contributed by atoms with E-state index in [1.54, 1.807) is 6.20 Å².